The average molecular weight is 298 g/mol. The third kappa shape index (κ3) is 3.27. The molecule has 1 aromatic heterocycles. The second kappa shape index (κ2) is 5.77. The first-order valence-corrected chi connectivity index (χ1v) is 6.57. The van der Waals surface area contributed by atoms with Crippen LogP contribution < -0.4 is 5.32 Å². The summed E-state index contributed by atoms with van der Waals surface area (Å²) < 4.78 is 0. The molecule has 8 heteroatoms. The zero-order chi connectivity index (χ0) is 13.8. The number of amides is 1. The van der Waals surface area contributed by atoms with Crippen LogP contribution in [0.3, 0.4) is 0 Å². The van der Waals surface area contributed by atoms with Crippen LogP contribution in [0.1, 0.15) is 16.1 Å². The van der Waals surface area contributed by atoms with E-state index in [1.165, 1.54) is 35.6 Å². The maximum Gasteiger partial charge on any atom is 0.269 e. The van der Waals surface area contributed by atoms with Crippen LogP contribution in [-0.4, -0.2) is 15.8 Å². The first-order valence-electron chi connectivity index (χ1n) is 5.16. The number of non-ortho nitro benzene ring substituents is 1. The summed E-state index contributed by atoms with van der Waals surface area (Å²) in [6, 6.07) is 5.34. The third-order valence-corrected chi connectivity index (χ3v) is 3.33. The molecule has 19 heavy (non-hydrogen) atoms. The second-order valence-corrected chi connectivity index (χ2v) is 4.66. The first kappa shape index (κ1) is 13.4. The van der Waals surface area contributed by atoms with Crippen LogP contribution in [0, 0.1) is 10.1 Å². The molecule has 0 spiro atoms. The Bertz CT molecular complexity index is 612. The molecule has 0 saturated heterocycles. The quantitative estimate of drug-likeness (QED) is 0.534. The van der Waals surface area contributed by atoms with Gasteiger partial charge in [-0.25, -0.2) is 4.98 Å². The summed E-state index contributed by atoms with van der Waals surface area (Å²) in [4.78, 5) is 25.9. The summed E-state index contributed by atoms with van der Waals surface area (Å²) in [5, 5.41) is 15.3. The van der Waals surface area contributed by atoms with Crippen molar-refractivity contribution in [3.05, 3.63) is 51.0 Å². The summed E-state index contributed by atoms with van der Waals surface area (Å²) in [6.45, 7) is 0. The molecule has 0 aliphatic rings. The van der Waals surface area contributed by atoms with Crippen molar-refractivity contribution in [2.75, 3.05) is 5.32 Å². The van der Waals surface area contributed by atoms with E-state index in [1.807, 2.05) is 0 Å². The number of hydrogen-bond donors (Lipinski definition) is 1. The van der Waals surface area contributed by atoms with Crippen LogP contribution in [0.4, 0.5) is 10.8 Å². The molecule has 2 rings (SSSR count). The number of aromatic nitrogens is 1. The standard InChI is InChI=1S/C11H8ClN3O3S/c12-5-8-6-19-11(13-8)14-10(16)7-1-3-9(4-2-7)15(17)18/h1-4,6H,5H2,(H,13,14,16). The van der Waals surface area contributed by atoms with Crippen molar-refractivity contribution >= 4 is 39.7 Å². The molecule has 1 aromatic carbocycles. The number of thiazole rings is 1. The van der Waals surface area contributed by atoms with Gasteiger partial charge >= 0.3 is 0 Å². The van der Waals surface area contributed by atoms with E-state index in [9.17, 15) is 14.9 Å². The molecular weight excluding hydrogens is 290 g/mol. The van der Waals surface area contributed by atoms with Crippen molar-refractivity contribution in [1.82, 2.24) is 4.98 Å². The number of hydrogen-bond acceptors (Lipinski definition) is 5. The number of carbonyl (C=O) groups excluding carboxylic acids is 1. The van der Waals surface area contributed by atoms with Gasteiger partial charge in [0.1, 0.15) is 0 Å². The number of alkyl halides is 1. The fourth-order valence-electron chi connectivity index (χ4n) is 1.33. The van der Waals surface area contributed by atoms with Gasteiger partial charge in [0.2, 0.25) is 0 Å². The molecule has 0 bridgehead atoms. The Morgan fingerprint density at radius 3 is 2.63 bits per heavy atom. The summed E-state index contributed by atoms with van der Waals surface area (Å²) in [5.74, 6) is -0.0884. The molecule has 6 nitrogen and oxygen atoms in total. The van der Waals surface area contributed by atoms with Crippen molar-refractivity contribution in [3.63, 3.8) is 0 Å². The van der Waals surface area contributed by atoms with Crippen LogP contribution >= 0.6 is 22.9 Å². The van der Waals surface area contributed by atoms with Gasteiger partial charge in [0, 0.05) is 23.1 Å². The molecule has 1 amide bonds. The van der Waals surface area contributed by atoms with Crippen LogP contribution in [0.5, 0.6) is 0 Å². The highest BCUT2D eigenvalue weighted by atomic mass is 35.5. The summed E-state index contributed by atoms with van der Waals surface area (Å²) in [7, 11) is 0. The lowest BCUT2D eigenvalue weighted by Crippen LogP contribution is -2.11. The molecule has 0 aliphatic carbocycles. The highest BCUT2D eigenvalue weighted by molar-refractivity contribution is 7.14. The van der Waals surface area contributed by atoms with Gasteiger partial charge in [-0.15, -0.1) is 22.9 Å². The van der Waals surface area contributed by atoms with E-state index in [0.29, 0.717) is 16.4 Å². The van der Waals surface area contributed by atoms with E-state index in [0.717, 1.165) is 0 Å². The van der Waals surface area contributed by atoms with Gasteiger partial charge in [0.05, 0.1) is 16.5 Å². The Hall–Kier alpha value is -1.99. The number of nitro groups is 1. The minimum Gasteiger partial charge on any atom is -0.298 e. The number of rotatable bonds is 4. The van der Waals surface area contributed by atoms with E-state index in [4.69, 9.17) is 11.6 Å². The molecule has 0 saturated carbocycles. The molecule has 0 radical (unpaired) electrons. The topological polar surface area (TPSA) is 85.1 Å². The highest BCUT2D eigenvalue weighted by Crippen LogP contribution is 2.18. The Morgan fingerprint density at radius 1 is 1.42 bits per heavy atom. The Morgan fingerprint density at radius 2 is 2.11 bits per heavy atom. The Labute approximate surface area is 117 Å². The molecule has 98 valence electrons. The van der Waals surface area contributed by atoms with Crippen molar-refractivity contribution in [2.45, 2.75) is 5.88 Å². The lowest BCUT2D eigenvalue weighted by molar-refractivity contribution is -0.384. The van der Waals surface area contributed by atoms with E-state index in [2.05, 4.69) is 10.3 Å². The Balaban J connectivity index is 2.09. The van der Waals surface area contributed by atoms with Crippen LogP contribution in [0.2, 0.25) is 0 Å². The predicted octanol–water partition coefficient (Wildman–Crippen LogP) is 3.04. The van der Waals surface area contributed by atoms with Gasteiger partial charge in [-0.3, -0.25) is 20.2 Å². The number of carbonyl (C=O) groups is 1. The molecular formula is C11H8ClN3O3S. The second-order valence-electron chi connectivity index (χ2n) is 3.54. The monoisotopic (exact) mass is 297 g/mol. The van der Waals surface area contributed by atoms with Crippen molar-refractivity contribution in [3.8, 4) is 0 Å². The molecule has 1 N–H and O–H groups in total. The van der Waals surface area contributed by atoms with Crippen molar-refractivity contribution < 1.29 is 9.72 Å². The van der Waals surface area contributed by atoms with Crippen molar-refractivity contribution in [2.24, 2.45) is 0 Å². The number of nitrogens with zero attached hydrogens (tertiary/aromatic N) is 2. The van der Waals surface area contributed by atoms with Gasteiger partial charge in [0.25, 0.3) is 11.6 Å². The minimum atomic E-state index is -0.519. The number of halogens is 1. The summed E-state index contributed by atoms with van der Waals surface area (Å²) >= 11 is 6.88. The molecule has 0 atom stereocenters. The molecule has 0 unspecified atom stereocenters. The van der Waals surface area contributed by atoms with E-state index in [1.54, 1.807) is 5.38 Å². The number of nitro benzene ring substituents is 1. The van der Waals surface area contributed by atoms with Crippen molar-refractivity contribution in [1.29, 1.82) is 0 Å². The minimum absolute atomic E-state index is 0.0600. The SMILES string of the molecule is O=C(Nc1nc(CCl)cs1)c1ccc([N+](=O)[O-])cc1. The molecule has 0 aliphatic heterocycles. The predicted molar refractivity (Wildman–Crippen MR) is 72.7 cm³/mol. The lowest BCUT2D eigenvalue weighted by Gasteiger charge is -2.01. The number of nitrogens with one attached hydrogen (secondary N) is 1. The maximum atomic E-state index is 11.8. The number of anilines is 1. The zero-order valence-corrected chi connectivity index (χ0v) is 11.1. The summed E-state index contributed by atoms with van der Waals surface area (Å²) in [6.07, 6.45) is 0. The maximum absolute atomic E-state index is 11.8. The van der Waals surface area contributed by atoms with Crippen LogP contribution in [-0.2, 0) is 5.88 Å². The molecule has 1 heterocycles. The highest BCUT2D eigenvalue weighted by Gasteiger charge is 2.11. The summed E-state index contributed by atoms with van der Waals surface area (Å²) in [5.41, 5.74) is 0.953. The van der Waals surface area contributed by atoms with Gasteiger partial charge in [-0.05, 0) is 12.1 Å². The van der Waals surface area contributed by atoms with Gasteiger partial charge < -0.3 is 0 Å². The van der Waals surface area contributed by atoms with E-state index >= 15 is 0 Å². The largest absolute Gasteiger partial charge is 0.298 e. The average Bonchev–Trinajstić information content (AvgIpc) is 2.86. The van der Waals surface area contributed by atoms with Crippen LogP contribution in [0.25, 0.3) is 0 Å². The fraction of sp³-hybridized carbons (Fsp3) is 0.0909. The molecule has 2 aromatic rings. The third-order valence-electron chi connectivity index (χ3n) is 2.25. The van der Waals surface area contributed by atoms with E-state index in [-0.39, 0.29) is 17.5 Å². The van der Waals surface area contributed by atoms with Crippen LogP contribution in [0.15, 0.2) is 29.6 Å². The smallest absolute Gasteiger partial charge is 0.269 e. The fourth-order valence-corrected chi connectivity index (χ4v) is 2.26. The van der Waals surface area contributed by atoms with Gasteiger partial charge in [-0.1, -0.05) is 0 Å². The lowest BCUT2D eigenvalue weighted by atomic mass is 10.2. The van der Waals surface area contributed by atoms with Gasteiger partial charge in [0.15, 0.2) is 5.13 Å². The Kier molecular flexibility index (Phi) is 4.08. The first-order chi connectivity index (χ1) is 9.10. The molecule has 0 fully saturated rings. The zero-order valence-electron chi connectivity index (χ0n) is 9.50. The van der Waals surface area contributed by atoms with E-state index < -0.39 is 4.92 Å². The van der Waals surface area contributed by atoms with Gasteiger partial charge in [-0.2, -0.15) is 0 Å². The number of benzene rings is 1. The normalized spacial score (nSPS) is 10.2.